The molecule has 0 fully saturated rings. The summed E-state index contributed by atoms with van der Waals surface area (Å²) >= 11 is 0. The summed E-state index contributed by atoms with van der Waals surface area (Å²) < 4.78 is 14.2. The monoisotopic (exact) mass is 267 g/mol. The van der Waals surface area contributed by atoms with Crippen molar-refractivity contribution in [1.29, 1.82) is 0 Å². The summed E-state index contributed by atoms with van der Waals surface area (Å²) in [5.74, 6) is -0.241. The minimum Gasteiger partial charge on any atom is -0.389 e. The Morgan fingerprint density at radius 2 is 1.95 bits per heavy atom. The van der Waals surface area contributed by atoms with E-state index in [4.69, 9.17) is 0 Å². The number of aliphatic hydroxyl groups is 1. The van der Waals surface area contributed by atoms with Crippen LogP contribution in [0, 0.1) is 5.82 Å². The molecule has 1 rings (SSSR count). The molecule has 1 unspecified atom stereocenters. The van der Waals surface area contributed by atoms with Crippen LogP contribution in [0.5, 0.6) is 0 Å². The second-order valence-electron chi connectivity index (χ2n) is 5.19. The molecule has 2 atom stereocenters. The average Bonchev–Trinajstić information content (AvgIpc) is 2.39. The highest BCUT2D eigenvalue weighted by atomic mass is 19.1. The summed E-state index contributed by atoms with van der Waals surface area (Å²) in [6, 6.07) is 5.36. The third kappa shape index (κ3) is 4.20. The summed E-state index contributed by atoms with van der Waals surface area (Å²) in [7, 11) is 0. The molecule has 0 saturated heterocycles. The maximum atomic E-state index is 14.2. The summed E-state index contributed by atoms with van der Waals surface area (Å²) in [5, 5.41) is 9.49. The first-order valence-electron chi connectivity index (χ1n) is 7.25. The Hall–Kier alpha value is -1.09. The van der Waals surface area contributed by atoms with E-state index in [-0.39, 0.29) is 5.82 Å². The molecule has 0 saturated carbocycles. The maximum Gasteiger partial charge on any atom is 0.146 e. The lowest BCUT2D eigenvalue weighted by atomic mass is 10.1. The average molecular weight is 267 g/mol. The van der Waals surface area contributed by atoms with Crippen LogP contribution in [0.2, 0.25) is 0 Å². The predicted molar refractivity (Wildman–Crippen MR) is 79.0 cm³/mol. The molecule has 19 heavy (non-hydrogen) atoms. The van der Waals surface area contributed by atoms with E-state index in [1.807, 2.05) is 6.07 Å². The van der Waals surface area contributed by atoms with Crippen molar-refractivity contribution >= 4 is 5.69 Å². The number of halogens is 1. The Kier molecular flexibility index (Phi) is 6.29. The van der Waals surface area contributed by atoms with Crippen LogP contribution in [0.4, 0.5) is 10.1 Å². The van der Waals surface area contributed by atoms with Gasteiger partial charge in [-0.05, 0) is 44.4 Å². The quantitative estimate of drug-likeness (QED) is 0.797. The van der Waals surface area contributed by atoms with Gasteiger partial charge in [0.15, 0.2) is 0 Å². The highest BCUT2D eigenvalue weighted by molar-refractivity contribution is 5.50. The van der Waals surface area contributed by atoms with Gasteiger partial charge in [-0.1, -0.05) is 26.3 Å². The molecule has 0 aliphatic carbocycles. The van der Waals surface area contributed by atoms with E-state index in [1.165, 1.54) is 6.07 Å². The van der Waals surface area contributed by atoms with Crippen molar-refractivity contribution in [3.05, 3.63) is 29.6 Å². The highest BCUT2D eigenvalue weighted by Gasteiger charge is 2.17. The number of unbranched alkanes of at least 4 members (excludes halogenated alkanes) is 1. The molecule has 0 bridgehead atoms. The zero-order chi connectivity index (χ0) is 14.4. The van der Waals surface area contributed by atoms with Gasteiger partial charge in [0.2, 0.25) is 0 Å². The summed E-state index contributed by atoms with van der Waals surface area (Å²) in [6.45, 7) is 8.90. The molecule has 0 aliphatic rings. The largest absolute Gasteiger partial charge is 0.389 e. The predicted octanol–water partition coefficient (Wildman–Crippen LogP) is 4.28. The molecule has 0 aliphatic heterocycles. The first-order valence-corrected chi connectivity index (χ1v) is 7.25. The minimum absolute atomic E-state index is 0.241. The van der Waals surface area contributed by atoms with Gasteiger partial charge >= 0.3 is 0 Å². The smallest absolute Gasteiger partial charge is 0.146 e. The van der Waals surface area contributed by atoms with E-state index in [1.54, 1.807) is 13.0 Å². The Balaban J connectivity index is 3.01. The van der Waals surface area contributed by atoms with Crippen molar-refractivity contribution in [2.45, 2.75) is 59.1 Å². The normalized spacial score (nSPS) is 14.2. The van der Waals surface area contributed by atoms with Crippen LogP contribution in [0.3, 0.4) is 0 Å². The second-order valence-corrected chi connectivity index (χ2v) is 5.19. The third-order valence-corrected chi connectivity index (χ3v) is 3.64. The van der Waals surface area contributed by atoms with Crippen LogP contribution in [-0.4, -0.2) is 17.7 Å². The number of aliphatic hydroxyl groups excluding tert-OH is 1. The Labute approximate surface area is 116 Å². The number of hydrogen-bond donors (Lipinski definition) is 1. The van der Waals surface area contributed by atoms with Crippen molar-refractivity contribution in [3.63, 3.8) is 0 Å². The summed E-state index contributed by atoms with van der Waals surface area (Å²) in [5.41, 5.74) is 1.27. The van der Waals surface area contributed by atoms with Gasteiger partial charge < -0.3 is 10.0 Å². The molecule has 0 aromatic heterocycles. The van der Waals surface area contributed by atoms with E-state index in [0.717, 1.165) is 25.8 Å². The van der Waals surface area contributed by atoms with E-state index < -0.39 is 6.10 Å². The van der Waals surface area contributed by atoms with Gasteiger partial charge in [-0.15, -0.1) is 0 Å². The second kappa shape index (κ2) is 7.49. The molecule has 0 heterocycles. The van der Waals surface area contributed by atoms with Gasteiger partial charge in [0.05, 0.1) is 11.8 Å². The number of nitrogens with zero attached hydrogens (tertiary/aromatic N) is 1. The van der Waals surface area contributed by atoms with Gasteiger partial charge in [0.25, 0.3) is 0 Å². The van der Waals surface area contributed by atoms with Crippen molar-refractivity contribution < 1.29 is 9.50 Å². The molecule has 108 valence electrons. The van der Waals surface area contributed by atoms with Gasteiger partial charge in [0, 0.05) is 12.6 Å². The lowest BCUT2D eigenvalue weighted by Crippen LogP contribution is -2.34. The molecule has 0 spiro atoms. The highest BCUT2D eigenvalue weighted by Crippen LogP contribution is 2.26. The van der Waals surface area contributed by atoms with E-state index >= 15 is 0 Å². The fourth-order valence-corrected chi connectivity index (χ4v) is 2.14. The zero-order valence-electron chi connectivity index (χ0n) is 12.5. The van der Waals surface area contributed by atoms with Crippen molar-refractivity contribution in [2.75, 3.05) is 11.4 Å². The maximum absolute atomic E-state index is 14.2. The first kappa shape index (κ1) is 16.0. The molecule has 1 N–H and O–H groups in total. The Morgan fingerprint density at radius 1 is 1.26 bits per heavy atom. The van der Waals surface area contributed by atoms with Crippen molar-refractivity contribution in [2.24, 2.45) is 0 Å². The van der Waals surface area contributed by atoms with Crippen LogP contribution < -0.4 is 4.90 Å². The molecule has 2 nitrogen and oxygen atoms in total. The van der Waals surface area contributed by atoms with E-state index in [0.29, 0.717) is 17.3 Å². The molecular formula is C16H26FNO. The summed E-state index contributed by atoms with van der Waals surface area (Å²) in [6.07, 6.45) is 2.51. The first-order chi connectivity index (χ1) is 9.01. The molecular weight excluding hydrogens is 241 g/mol. The molecule has 1 aromatic rings. The lowest BCUT2D eigenvalue weighted by Gasteiger charge is -2.31. The van der Waals surface area contributed by atoms with Gasteiger partial charge in [-0.25, -0.2) is 4.39 Å². The van der Waals surface area contributed by atoms with E-state index in [2.05, 4.69) is 25.7 Å². The number of benzene rings is 1. The van der Waals surface area contributed by atoms with Crippen LogP contribution >= 0.6 is 0 Å². The van der Waals surface area contributed by atoms with Crippen LogP contribution in [-0.2, 0) is 0 Å². The van der Waals surface area contributed by atoms with Gasteiger partial charge in [0.1, 0.15) is 5.82 Å². The van der Waals surface area contributed by atoms with Gasteiger partial charge in [-0.2, -0.15) is 0 Å². The standard InChI is InChI=1S/C16H26FNO/c1-5-7-10-18(12(3)6-2)16-9-8-14(13(4)19)11-15(16)17/h8-9,11-13,19H,5-7,10H2,1-4H3/t12?,13-/m0/s1. The fourth-order valence-electron chi connectivity index (χ4n) is 2.14. The molecule has 0 radical (unpaired) electrons. The Morgan fingerprint density at radius 3 is 2.42 bits per heavy atom. The lowest BCUT2D eigenvalue weighted by molar-refractivity contribution is 0.199. The van der Waals surface area contributed by atoms with Crippen molar-refractivity contribution in [3.8, 4) is 0 Å². The number of anilines is 1. The fraction of sp³-hybridized carbons (Fsp3) is 0.625. The zero-order valence-corrected chi connectivity index (χ0v) is 12.5. The Bertz CT molecular complexity index is 392. The molecule has 3 heteroatoms. The van der Waals surface area contributed by atoms with Crippen molar-refractivity contribution in [1.82, 2.24) is 0 Å². The minimum atomic E-state index is -0.628. The SMILES string of the molecule is CCCCN(c1ccc([C@H](C)O)cc1F)C(C)CC. The topological polar surface area (TPSA) is 23.5 Å². The van der Waals surface area contributed by atoms with Crippen LogP contribution in [0.15, 0.2) is 18.2 Å². The molecule has 0 amide bonds. The van der Waals surface area contributed by atoms with Crippen LogP contribution in [0.1, 0.15) is 58.6 Å². The number of rotatable bonds is 7. The summed E-state index contributed by atoms with van der Waals surface area (Å²) in [4.78, 5) is 2.13. The van der Waals surface area contributed by atoms with Crippen LogP contribution in [0.25, 0.3) is 0 Å². The van der Waals surface area contributed by atoms with Gasteiger partial charge in [-0.3, -0.25) is 0 Å². The third-order valence-electron chi connectivity index (χ3n) is 3.64. The molecule has 1 aromatic carbocycles. The van der Waals surface area contributed by atoms with E-state index in [9.17, 15) is 9.50 Å². The number of hydrogen-bond acceptors (Lipinski definition) is 2.